The minimum atomic E-state index is -0.0930. The van der Waals surface area contributed by atoms with Crippen molar-refractivity contribution < 1.29 is 0 Å². The molecule has 0 unspecified atom stereocenters. The highest BCUT2D eigenvalue weighted by atomic mass is 35.5. The Hall–Kier alpha value is -0.770. The molecular formula is C14H20ClN3. The first-order valence-corrected chi connectivity index (χ1v) is 6.99. The predicted molar refractivity (Wildman–Crippen MR) is 76.3 cm³/mol. The smallest absolute Gasteiger partial charge is 0.0643 e. The monoisotopic (exact) mass is 265 g/mol. The Balaban J connectivity index is 1.80. The molecule has 18 heavy (non-hydrogen) atoms. The summed E-state index contributed by atoms with van der Waals surface area (Å²) in [5.74, 6) is 0. The van der Waals surface area contributed by atoms with Gasteiger partial charge in [0.05, 0.1) is 10.7 Å². The van der Waals surface area contributed by atoms with Crippen LogP contribution in [0.5, 0.6) is 0 Å². The molecule has 1 aliphatic heterocycles. The van der Waals surface area contributed by atoms with E-state index in [-0.39, 0.29) is 5.54 Å². The van der Waals surface area contributed by atoms with Gasteiger partial charge in [-0.3, -0.25) is 0 Å². The van der Waals surface area contributed by atoms with E-state index in [2.05, 4.69) is 35.0 Å². The van der Waals surface area contributed by atoms with Crippen LogP contribution in [0.1, 0.15) is 18.4 Å². The molecule has 1 aromatic carbocycles. The Bertz CT molecular complexity index is 448. The van der Waals surface area contributed by atoms with Gasteiger partial charge in [0.1, 0.15) is 0 Å². The van der Waals surface area contributed by atoms with Crippen LogP contribution >= 0.6 is 11.6 Å². The maximum atomic E-state index is 6.42. The summed E-state index contributed by atoms with van der Waals surface area (Å²) in [7, 11) is 2.16. The summed E-state index contributed by atoms with van der Waals surface area (Å²) in [5, 5.41) is 0.841. The van der Waals surface area contributed by atoms with E-state index >= 15 is 0 Å². The average Bonchev–Trinajstić information content (AvgIpc) is 3.10. The molecule has 0 spiro atoms. The van der Waals surface area contributed by atoms with E-state index in [1.165, 1.54) is 5.56 Å². The fraction of sp³-hybridized carbons (Fsp3) is 0.571. The predicted octanol–water partition coefficient (Wildman–Crippen LogP) is 2.04. The van der Waals surface area contributed by atoms with E-state index in [4.69, 9.17) is 17.3 Å². The van der Waals surface area contributed by atoms with Crippen LogP contribution in [0.25, 0.3) is 0 Å². The molecule has 0 amide bonds. The lowest BCUT2D eigenvalue weighted by molar-refractivity contribution is 0.313. The number of rotatable bonds is 2. The second-order valence-electron chi connectivity index (χ2n) is 5.61. The molecule has 1 heterocycles. The summed E-state index contributed by atoms with van der Waals surface area (Å²) in [6.07, 6.45) is 2.16. The van der Waals surface area contributed by atoms with Crippen LogP contribution in [0.15, 0.2) is 18.2 Å². The number of likely N-dealkylation sites (N-methyl/N-ethyl adjacent to an activating group) is 1. The van der Waals surface area contributed by atoms with Gasteiger partial charge in [-0.15, -0.1) is 0 Å². The van der Waals surface area contributed by atoms with Gasteiger partial charge in [0.15, 0.2) is 0 Å². The second kappa shape index (κ2) is 4.41. The lowest BCUT2D eigenvalue weighted by Crippen LogP contribution is -2.44. The molecule has 1 aliphatic carbocycles. The van der Waals surface area contributed by atoms with E-state index in [9.17, 15) is 0 Å². The molecule has 0 aromatic heterocycles. The Kier molecular flexibility index (Phi) is 3.00. The highest BCUT2D eigenvalue weighted by molar-refractivity contribution is 6.33. The minimum Gasteiger partial charge on any atom is -0.368 e. The molecule has 3 rings (SSSR count). The molecule has 0 radical (unpaired) electrons. The number of anilines is 1. The van der Waals surface area contributed by atoms with Crippen molar-refractivity contribution in [3.05, 3.63) is 28.8 Å². The topological polar surface area (TPSA) is 32.5 Å². The number of benzene rings is 1. The van der Waals surface area contributed by atoms with Crippen molar-refractivity contribution in [1.82, 2.24) is 4.90 Å². The van der Waals surface area contributed by atoms with E-state index in [1.807, 2.05) is 0 Å². The van der Waals surface area contributed by atoms with Crippen molar-refractivity contribution in [2.45, 2.75) is 18.4 Å². The molecule has 2 N–H and O–H groups in total. The van der Waals surface area contributed by atoms with Gasteiger partial charge in [-0.05, 0) is 37.6 Å². The van der Waals surface area contributed by atoms with Crippen LogP contribution in [0, 0.1) is 0 Å². The molecule has 3 nitrogen and oxygen atoms in total. The third-order valence-electron chi connectivity index (χ3n) is 4.16. The average molecular weight is 266 g/mol. The maximum Gasteiger partial charge on any atom is 0.0643 e. The molecule has 1 saturated carbocycles. The highest BCUT2D eigenvalue weighted by Crippen LogP contribution is 2.44. The van der Waals surface area contributed by atoms with Gasteiger partial charge in [0.25, 0.3) is 0 Å². The van der Waals surface area contributed by atoms with E-state index in [0.717, 1.165) is 49.7 Å². The van der Waals surface area contributed by atoms with Crippen LogP contribution in [-0.2, 0) is 5.54 Å². The largest absolute Gasteiger partial charge is 0.368 e. The summed E-state index contributed by atoms with van der Waals surface area (Å²) in [5.41, 5.74) is 8.45. The summed E-state index contributed by atoms with van der Waals surface area (Å²) in [4.78, 5) is 4.71. The van der Waals surface area contributed by atoms with Gasteiger partial charge >= 0.3 is 0 Å². The number of hydrogen-bond donors (Lipinski definition) is 1. The van der Waals surface area contributed by atoms with Crippen molar-refractivity contribution in [3.63, 3.8) is 0 Å². The fourth-order valence-electron chi connectivity index (χ4n) is 2.54. The molecule has 0 atom stereocenters. The van der Waals surface area contributed by atoms with Crippen LogP contribution in [0.3, 0.4) is 0 Å². The Labute approximate surface area is 114 Å². The lowest BCUT2D eigenvalue weighted by atomic mass is 10.1. The first kappa shape index (κ1) is 12.3. The summed E-state index contributed by atoms with van der Waals surface area (Å²) >= 11 is 6.42. The van der Waals surface area contributed by atoms with E-state index < -0.39 is 0 Å². The Morgan fingerprint density at radius 1 is 1.17 bits per heavy atom. The normalized spacial score (nSPS) is 23.2. The zero-order valence-corrected chi connectivity index (χ0v) is 11.6. The molecule has 1 aromatic rings. The fourth-order valence-corrected chi connectivity index (χ4v) is 2.84. The third-order valence-corrected chi connectivity index (χ3v) is 4.46. The molecule has 4 heteroatoms. The number of nitrogens with two attached hydrogens (primary N) is 1. The number of nitrogens with zero attached hydrogens (tertiary/aromatic N) is 2. The molecule has 2 aliphatic rings. The zero-order chi connectivity index (χ0) is 12.8. The van der Waals surface area contributed by atoms with Gasteiger partial charge in [-0.2, -0.15) is 0 Å². The summed E-state index contributed by atoms with van der Waals surface area (Å²) in [6, 6.07) is 6.34. The SMILES string of the molecule is CN1CCN(c2ccc(C3(N)CC3)cc2Cl)CC1. The standard InChI is InChI=1S/C14H20ClN3/c1-17-6-8-18(9-7-17)13-3-2-11(10-12(13)15)14(16)4-5-14/h2-3,10H,4-9,16H2,1H3. The number of hydrogen-bond acceptors (Lipinski definition) is 3. The summed E-state index contributed by atoms with van der Waals surface area (Å²) < 4.78 is 0. The Morgan fingerprint density at radius 2 is 1.83 bits per heavy atom. The van der Waals surface area contributed by atoms with Gasteiger partial charge in [0, 0.05) is 31.7 Å². The van der Waals surface area contributed by atoms with Gasteiger partial charge in [-0.1, -0.05) is 17.7 Å². The van der Waals surface area contributed by atoms with Crippen LogP contribution < -0.4 is 10.6 Å². The molecule has 0 bridgehead atoms. The molecule has 2 fully saturated rings. The van der Waals surface area contributed by atoms with Gasteiger partial charge in [0.2, 0.25) is 0 Å². The van der Waals surface area contributed by atoms with Crippen LogP contribution in [0.4, 0.5) is 5.69 Å². The zero-order valence-electron chi connectivity index (χ0n) is 10.8. The van der Waals surface area contributed by atoms with E-state index in [0.29, 0.717) is 0 Å². The van der Waals surface area contributed by atoms with Crippen molar-refractivity contribution in [1.29, 1.82) is 0 Å². The number of piperazine rings is 1. The molecule has 1 saturated heterocycles. The second-order valence-corrected chi connectivity index (χ2v) is 6.02. The summed E-state index contributed by atoms with van der Waals surface area (Å²) in [6.45, 7) is 4.28. The molecule has 98 valence electrons. The van der Waals surface area contributed by atoms with Crippen molar-refractivity contribution in [3.8, 4) is 0 Å². The van der Waals surface area contributed by atoms with Gasteiger partial charge in [-0.25, -0.2) is 0 Å². The third kappa shape index (κ3) is 2.22. The number of halogens is 1. The first-order chi connectivity index (χ1) is 8.58. The van der Waals surface area contributed by atoms with Gasteiger partial charge < -0.3 is 15.5 Å². The quantitative estimate of drug-likeness (QED) is 0.888. The maximum absolute atomic E-state index is 6.42. The van der Waals surface area contributed by atoms with Crippen molar-refractivity contribution in [2.24, 2.45) is 5.73 Å². The highest BCUT2D eigenvalue weighted by Gasteiger charge is 2.40. The van der Waals surface area contributed by atoms with Crippen LogP contribution in [0.2, 0.25) is 5.02 Å². The lowest BCUT2D eigenvalue weighted by Gasteiger charge is -2.34. The molecular weight excluding hydrogens is 246 g/mol. The minimum absolute atomic E-state index is 0.0930. The Morgan fingerprint density at radius 3 is 2.39 bits per heavy atom. The van der Waals surface area contributed by atoms with Crippen LogP contribution in [-0.4, -0.2) is 38.1 Å². The van der Waals surface area contributed by atoms with Crippen molar-refractivity contribution >= 4 is 17.3 Å². The van der Waals surface area contributed by atoms with Crippen molar-refractivity contribution in [2.75, 3.05) is 38.1 Å². The van der Waals surface area contributed by atoms with E-state index in [1.54, 1.807) is 0 Å². The first-order valence-electron chi connectivity index (χ1n) is 6.61.